The summed E-state index contributed by atoms with van der Waals surface area (Å²) < 4.78 is 37.3. The predicted octanol–water partition coefficient (Wildman–Crippen LogP) is 2.32. The molecular weight excluding hydrogens is 229 g/mol. The van der Waals surface area contributed by atoms with Gasteiger partial charge in [-0.25, -0.2) is 0 Å². The first kappa shape index (κ1) is 12.3. The average molecular weight is 239 g/mol. The van der Waals surface area contributed by atoms with Crippen molar-refractivity contribution < 1.29 is 13.2 Å². The highest BCUT2D eigenvalue weighted by Gasteiger charge is 2.33. The van der Waals surface area contributed by atoms with E-state index in [1.165, 1.54) is 12.1 Å². The fourth-order valence-electron chi connectivity index (χ4n) is 1.13. The molecule has 0 aliphatic carbocycles. The van der Waals surface area contributed by atoms with Crippen molar-refractivity contribution in [1.29, 1.82) is 0 Å². The van der Waals surface area contributed by atoms with Crippen LogP contribution in [0, 0.1) is 0 Å². The first-order valence-electron chi connectivity index (χ1n) is 4.18. The van der Waals surface area contributed by atoms with E-state index in [1.807, 2.05) is 0 Å². The third kappa shape index (κ3) is 2.84. The lowest BCUT2D eigenvalue weighted by molar-refractivity contribution is -0.137. The third-order valence-electron chi connectivity index (χ3n) is 1.98. The number of hydrogen-bond acceptors (Lipinski definition) is 2. The molecule has 1 aromatic carbocycles. The molecule has 84 valence electrons. The second-order valence-corrected chi connectivity index (χ2v) is 3.49. The Morgan fingerprint density at radius 3 is 2.40 bits per heavy atom. The van der Waals surface area contributed by atoms with Gasteiger partial charge < -0.3 is 11.5 Å². The molecule has 0 spiro atoms. The summed E-state index contributed by atoms with van der Waals surface area (Å²) in [6.07, 6.45) is -4.47. The van der Waals surface area contributed by atoms with E-state index in [0.29, 0.717) is 5.56 Å². The summed E-state index contributed by atoms with van der Waals surface area (Å²) in [6, 6.07) is 2.94. The van der Waals surface area contributed by atoms with Gasteiger partial charge in [-0.2, -0.15) is 13.2 Å². The highest BCUT2D eigenvalue weighted by atomic mass is 35.5. The molecule has 6 heteroatoms. The van der Waals surface area contributed by atoms with Crippen LogP contribution in [0.4, 0.5) is 13.2 Å². The van der Waals surface area contributed by atoms with Crippen LogP contribution in [0.5, 0.6) is 0 Å². The highest BCUT2D eigenvalue weighted by Crippen LogP contribution is 2.35. The van der Waals surface area contributed by atoms with Gasteiger partial charge in [0.05, 0.1) is 10.6 Å². The smallest absolute Gasteiger partial charge is 0.329 e. The SMILES string of the molecule is NC[C@H](N)c1ccc(Cl)c(C(F)(F)F)c1. The van der Waals surface area contributed by atoms with Crippen molar-refractivity contribution >= 4 is 11.6 Å². The van der Waals surface area contributed by atoms with Crippen molar-refractivity contribution in [2.24, 2.45) is 11.5 Å². The normalized spacial score (nSPS) is 14.0. The Labute approximate surface area is 90.0 Å². The van der Waals surface area contributed by atoms with Gasteiger partial charge in [0.1, 0.15) is 0 Å². The quantitative estimate of drug-likeness (QED) is 0.831. The fourth-order valence-corrected chi connectivity index (χ4v) is 1.35. The van der Waals surface area contributed by atoms with E-state index in [2.05, 4.69) is 0 Å². The summed E-state index contributed by atoms with van der Waals surface area (Å²) in [4.78, 5) is 0. The Morgan fingerprint density at radius 2 is 1.93 bits per heavy atom. The third-order valence-corrected chi connectivity index (χ3v) is 2.31. The van der Waals surface area contributed by atoms with Gasteiger partial charge in [0.2, 0.25) is 0 Å². The average Bonchev–Trinajstić information content (AvgIpc) is 2.15. The van der Waals surface area contributed by atoms with Crippen molar-refractivity contribution in [3.8, 4) is 0 Å². The Balaban J connectivity index is 3.17. The van der Waals surface area contributed by atoms with Crippen LogP contribution in [-0.2, 0) is 6.18 Å². The Morgan fingerprint density at radius 1 is 1.33 bits per heavy atom. The number of rotatable bonds is 2. The molecule has 0 fully saturated rings. The number of halogens is 4. The lowest BCUT2D eigenvalue weighted by Crippen LogP contribution is -2.21. The van der Waals surface area contributed by atoms with Gasteiger partial charge in [-0.05, 0) is 17.7 Å². The van der Waals surface area contributed by atoms with Gasteiger partial charge in [-0.3, -0.25) is 0 Å². The van der Waals surface area contributed by atoms with Gasteiger partial charge in [0, 0.05) is 12.6 Å². The topological polar surface area (TPSA) is 52.0 Å². The first-order valence-corrected chi connectivity index (χ1v) is 4.56. The van der Waals surface area contributed by atoms with Crippen molar-refractivity contribution in [2.75, 3.05) is 6.54 Å². The van der Waals surface area contributed by atoms with Gasteiger partial charge in [0.15, 0.2) is 0 Å². The van der Waals surface area contributed by atoms with Crippen LogP contribution in [-0.4, -0.2) is 6.54 Å². The maximum absolute atomic E-state index is 12.4. The van der Waals surface area contributed by atoms with Crippen LogP contribution in [0.25, 0.3) is 0 Å². The molecule has 15 heavy (non-hydrogen) atoms. The van der Waals surface area contributed by atoms with Crippen molar-refractivity contribution in [3.63, 3.8) is 0 Å². The highest BCUT2D eigenvalue weighted by molar-refractivity contribution is 6.31. The van der Waals surface area contributed by atoms with Crippen LogP contribution in [0.2, 0.25) is 5.02 Å². The molecule has 0 aromatic heterocycles. The van der Waals surface area contributed by atoms with E-state index >= 15 is 0 Å². The Hall–Kier alpha value is -0.780. The molecule has 0 aliphatic rings. The molecule has 0 heterocycles. The lowest BCUT2D eigenvalue weighted by atomic mass is 10.0. The molecule has 0 amide bonds. The lowest BCUT2D eigenvalue weighted by Gasteiger charge is -2.14. The monoisotopic (exact) mass is 238 g/mol. The van der Waals surface area contributed by atoms with Gasteiger partial charge in [-0.1, -0.05) is 17.7 Å². The minimum absolute atomic E-state index is 0.0823. The molecular formula is C9H10ClF3N2. The van der Waals surface area contributed by atoms with E-state index in [0.717, 1.165) is 6.07 Å². The van der Waals surface area contributed by atoms with E-state index < -0.39 is 17.8 Å². The molecule has 0 saturated carbocycles. The minimum atomic E-state index is -4.47. The summed E-state index contributed by atoms with van der Waals surface area (Å²) in [5.41, 5.74) is 10.2. The summed E-state index contributed by atoms with van der Waals surface area (Å²) in [6.45, 7) is 0.0823. The van der Waals surface area contributed by atoms with Crippen LogP contribution in [0.1, 0.15) is 17.2 Å². The van der Waals surface area contributed by atoms with E-state index in [-0.39, 0.29) is 11.6 Å². The number of alkyl halides is 3. The van der Waals surface area contributed by atoms with E-state index in [9.17, 15) is 13.2 Å². The maximum Gasteiger partial charge on any atom is 0.417 e. The van der Waals surface area contributed by atoms with Crippen LogP contribution in [0.3, 0.4) is 0 Å². The molecule has 1 aromatic rings. The van der Waals surface area contributed by atoms with Gasteiger partial charge >= 0.3 is 6.18 Å². The Bertz CT molecular complexity index is 352. The zero-order valence-electron chi connectivity index (χ0n) is 7.68. The van der Waals surface area contributed by atoms with Crippen LogP contribution in [0.15, 0.2) is 18.2 Å². The molecule has 4 N–H and O–H groups in total. The van der Waals surface area contributed by atoms with Crippen LogP contribution < -0.4 is 11.5 Å². The second kappa shape index (κ2) is 4.38. The maximum atomic E-state index is 12.4. The van der Waals surface area contributed by atoms with Crippen LogP contribution >= 0.6 is 11.6 Å². The summed E-state index contributed by atoms with van der Waals surface area (Å²) in [5.74, 6) is 0. The molecule has 1 rings (SSSR count). The Kier molecular flexibility index (Phi) is 3.59. The standard InChI is InChI=1S/C9H10ClF3N2/c10-7-2-1-5(8(15)4-14)3-6(7)9(11,12)13/h1-3,8H,4,14-15H2/t8-/m0/s1. The predicted molar refractivity (Wildman–Crippen MR) is 52.4 cm³/mol. The zero-order valence-corrected chi connectivity index (χ0v) is 8.44. The van der Waals surface area contributed by atoms with Crippen molar-refractivity contribution in [2.45, 2.75) is 12.2 Å². The molecule has 2 nitrogen and oxygen atoms in total. The van der Waals surface area contributed by atoms with Crippen molar-refractivity contribution in [1.82, 2.24) is 0 Å². The molecule has 0 bridgehead atoms. The first-order chi connectivity index (χ1) is 6.86. The molecule has 0 unspecified atom stereocenters. The van der Waals surface area contributed by atoms with Gasteiger partial charge in [0.25, 0.3) is 0 Å². The summed E-state index contributed by atoms with van der Waals surface area (Å²) >= 11 is 5.44. The van der Waals surface area contributed by atoms with Crippen molar-refractivity contribution in [3.05, 3.63) is 34.3 Å². The number of hydrogen-bond donors (Lipinski definition) is 2. The molecule has 0 saturated heterocycles. The van der Waals surface area contributed by atoms with Gasteiger partial charge in [-0.15, -0.1) is 0 Å². The molecule has 1 atom stereocenters. The molecule has 0 aliphatic heterocycles. The van der Waals surface area contributed by atoms with E-state index in [1.54, 1.807) is 0 Å². The largest absolute Gasteiger partial charge is 0.417 e. The molecule has 0 radical (unpaired) electrons. The minimum Gasteiger partial charge on any atom is -0.329 e. The summed E-state index contributed by atoms with van der Waals surface area (Å²) in [5, 5.41) is -0.338. The summed E-state index contributed by atoms with van der Waals surface area (Å²) in [7, 11) is 0. The zero-order chi connectivity index (χ0) is 11.6. The second-order valence-electron chi connectivity index (χ2n) is 3.08. The number of benzene rings is 1. The van der Waals surface area contributed by atoms with E-state index in [4.69, 9.17) is 23.1 Å². The fraction of sp³-hybridized carbons (Fsp3) is 0.333. The number of nitrogens with two attached hydrogens (primary N) is 2.